The molecule has 6 aliphatic rings. The van der Waals surface area contributed by atoms with E-state index in [4.69, 9.17) is 23.4 Å². The molecule has 10 heteroatoms. The van der Waals surface area contributed by atoms with Gasteiger partial charge in [0, 0.05) is 41.9 Å². The Morgan fingerprint density at radius 2 is 1.81 bits per heavy atom. The molecule has 10 nitrogen and oxygen atoms in total. The van der Waals surface area contributed by atoms with Crippen molar-refractivity contribution in [1.82, 2.24) is 0 Å². The summed E-state index contributed by atoms with van der Waals surface area (Å²) in [5, 5.41) is 24.3. The smallest absolute Gasteiger partial charge is 0.310 e. The quantitative estimate of drug-likeness (QED) is 0.399. The number of hydrogen-bond donors (Lipinski definition) is 2. The van der Waals surface area contributed by atoms with Crippen LogP contribution in [0.3, 0.4) is 0 Å². The average molecular weight is 587 g/mol. The highest BCUT2D eigenvalue weighted by molar-refractivity contribution is 5.87. The molecule has 6 fully saturated rings. The van der Waals surface area contributed by atoms with Gasteiger partial charge < -0.3 is 33.6 Å². The predicted octanol–water partition coefficient (Wildman–Crippen LogP) is 3.13. The zero-order valence-electron chi connectivity index (χ0n) is 25.1. The molecule has 1 spiro atoms. The summed E-state index contributed by atoms with van der Waals surface area (Å²) in [5.74, 6) is -2.75. The van der Waals surface area contributed by atoms with Gasteiger partial charge in [-0.05, 0) is 43.2 Å². The number of rotatable bonds is 4. The first-order chi connectivity index (χ1) is 19.7. The van der Waals surface area contributed by atoms with Crippen molar-refractivity contribution >= 4 is 17.7 Å². The summed E-state index contributed by atoms with van der Waals surface area (Å²) >= 11 is 0. The molecule has 0 aromatic carbocycles. The molecule has 13 atom stereocenters. The first kappa shape index (κ1) is 28.5. The van der Waals surface area contributed by atoms with Crippen molar-refractivity contribution in [1.29, 1.82) is 0 Å². The van der Waals surface area contributed by atoms with E-state index in [-0.39, 0.29) is 43.7 Å². The van der Waals surface area contributed by atoms with Crippen molar-refractivity contribution < 1.29 is 48.0 Å². The van der Waals surface area contributed by atoms with Crippen molar-refractivity contribution in [3.63, 3.8) is 0 Å². The van der Waals surface area contributed by atoms with E-state index in [9.17, 15) is 24.6 Å². The van der Waals surface area contributed by atoms with E-state index in [0.29, 0.717) is 6.42 Å². The van der Waals surface area contributed by atoms with E-state index in [0.717, 1.165) is 5.56 Å². The van der Waals surface area contributed by atoms with E-state index in [1.54, 1.807) is 26.4 Å². The van der Waals surface area contributed by atoms with E-state index in [1.807, 2.05) is 19.9 Å². The van der Waals surface area contributed by atoms with Crippen LogP contribution in [-0.4, -0.2) is 70.8 Å². The molecule has 1 unspecified atom stereocenters. The maximum Gasteiger partial charge on any atom is 0.310 e. The molecule has 7 rings (SSSR count). The molecule has 3 heterocycles. The lowest BCUT2D eigenvalue weighted by atomic mass is 9.33. The van der Waals surface area contributed by atoms with Gasteiger partial charge in [0.2, 0.25) is 6.29 Å². The molecular weight excluding hydrogens is 544 g/mol. The van der Waals surface area contributed by atoms with Gasteiger partial charge in [0.25, 0.3) is 0 Å². The highest BCUT2D eigenvalue weighted by Crippen LogP contribution is 2.82. The molecule has 42 heavy (non-hydrogen) atoms. The Morgan fingerprint density at radius 3 is 2.45 bits per heavy atom. The SMILES string of the molecule is CC(=O)O[C@H]1C[C@H](O)[C@@]23CO[C@H](OC(=O)C(C)C)[C@]1(C)[C@H]2C[C@@H](O)[C@]1(C)C3C(=O)C[C@@]2(C)[C@@H](c3ccoc3)C[C@H]3O[C@]321. The lowest BCUT2D eigenvalue weighted by Gasteiger charge is -2.72. The van der Waals surface area contributed by atoms with Gasteiger partial charge in [-0.1, -0.05) is 27.7 Å². The number of ketones is 1. The van der Waals surface area contributed by atoms with Gasteiger partial charge in [-0.3, -0.25) is 14.4 Å². The molecular formula is C32H42O10. The number of ether oxygens (including phenoxy) is 4. The summed E-state index contributed by atoms with van der Waals surface area (Å²) < 4.78 is 30.1. The maximum absolute atomic E-state index is 14.7. The minimum Gasteiger partial charge on any atom is -0.472 e. The highest BCUT2D eigenvalue weighted by atomic mass is 16.7. The third-order valence-corrected chi connectivity index (χ3v) is 12.8. The predicted molar refractivity (Wildman–Crippen MR) is 144 cm³/mol. The fourth-order valence-electron chi connectivity index (χ4n) is 11.1. The lowest BCUT2D eigenvalue weighted by Crippen LogP contribution is -2.80. The van der Waals surface area contributed by atoms with Crippen LogP contribution in [0.2, 0.25) is 0 Å². The molecule has 0 radical (unpaired) electrons. The van der Waals surface area contributed by atoms with Crippen molar-refractivity contribution in [3.8, 4) is 0 Å². The van der Waals surface area contributed by atoms with Gasteiger partial charge in [-0.25, -0.2) is 0 Å². The maximum atomic E-state index is 14.7. The van der Waals surface area contributed by atoms with Crippen molar-refractivity contribution in [2.75, 3.05) is 6.61 Å². The van der Waals surface area contributed by atoms with E-state index < -0.39 is 81.6 Å². The van der Waals surface area contributed by atoms with Gasteiger partial charge in [0.15, 0.2) is 0 Å². The third-order valence-electron chi connectivity index (χ3n) is 12.8. The molecule has 1 aromatic heterocycles. The first-order valence-corrected chi connectivity index (χ1v) is 15.3. The molecule has 2 bridgehead atoms. The number of Topliss-reactive ketones (excluding diaryl/α,β-unsaturated/α-hetero) is 1. The monoisotopic (exact) mass is 586 g/mol. The van der Waals surface area contributed by atoms with Gasteiger partial charge in [-0.15, -0.1) is 0 Å². The normalized spacial score (nSPS) is 52.1. The van der Waals surface area contributed by atoms with Gasteiger partial charge in [0.1, 0.15) is 17.5 Å². The Bertz CT molecular complexity index is 1320. The topological polar surface area (TPSA) is 145 Å². The third kappa shape index (κ3) is 3.07. The second-order valence-electron chi connectivity index (χ2n) is 14.8. The first-order valence-electron chi connectivity index (χ1n) is 15.3. The number of fused-ring (bicyclic) bond motifs is 1. The minimum atomic E-state index is -1.12. The number of carbonyl (C=O) groups excluding carboxylic acids is 3. The molecule has 2 aliphatic heterocycles. The van der Waals surface area contributed by atoms with Gasteiger partial charge in [0.05, 0.1) is 48.8 Å². The molecule has 2 N–H and O–H groups in total. The van der Waals surface area contributed by atoms with Crippen LogP contribution in [0.15, 0.2) is 23.0 Å². The highest BCUT2D eigenvalue weighted by Gasteiger charge is 2.90. The number of esters is 2. The number of epoxide rings is 1. The molecule has 4 saturated carbocycles. The summed E-state index contributed by atoms with van der Waals surface area (Å²) in [6.07, 6.45) is 0.474. The van der Waals surface area contributed by atoms with E-state index in [2.05, 4.69) is 6.92 Å². The summed E-state index contributed by atoms with van der Waals surface area (Å²) in [6.45, 7) is 10.6. The second kappa shape index (κ2) is 8.67. The van der Waals surface area contributed by atoms with Gasteiger partial charge >= 0.3 is 11.9 Å². The van der Waals surface area contributed by atoms with E-state index in [1.165, 1.54) is 6.92 Å². The van der Waals surface area contributed by atoms with Crippen LogP contribution in [0.25, 0.3) is 0 Å². The fraction of sp³-hybridized carbons (Fsp3) is 0.781. The van der Waals surface area contributed by atoms with E-state index >= 15 is 0 Å². The van der Waals surface area contributed by atoms with Crippen LogP contribution in [0, 0.1) is 39.4 Å². The fourth-order valence-corrected chi connectivity index (χ4v) is 11.1. The Hall–Kier alpha value is -2.27. The number of aliphatic hydroxyl groups is 2. The molecule has 2 saturated heterocycles. The standard InChI is InChI=1S/C32H42O10/c1-15(2)26(37)41-27-29(5)20-10-21(35)30(6)25(31(20,14-39-27)22(36)11-23(29)40-16(3)33)19(34)12-28(4)18(17-7-8-38-13-17)9-24-32(28,30)42-24/h7-8,13,15,18,20-25,27,35-36H,9-12,14H2,1-6H3/t18-,20-,21-,22+,23+,24-,25?,27-,28+,29-,30-,31-,32-/m1/s1. The summed E-state index contributed by atoms with van der Waals surface area (Å²) in [5.41, 5.74) is -3.57. The van der Waals surface area contributed by atoms with Crippen molar-refractivity contribution in [2.24, 2.45) is 39.4 Å². The zero-order chi connectivity index (χ0) is 30.2. The van der Waals surface area contributed by atoms with Crippen LogP contribution < -0.4 is 0 Å². The van der Waals surface area contributed by atoms with Gasteiger partial charge in [-0.2, -0.15) is 0 Å². The van der Waals surface area contributed by atoms with Crippen molar-refractivity contribution in [2.45, 2.75) is 109 Å². The second-order valence-corrected chi connectivity index (χ2v) is 14.8. The summed E-state index contributed by atoms with van der Waals surface area (Å²) in [7, 11) is 0. The van der Waals surface area contributed by atoms with Crippen LogP contribution in [-0.2, 0) is 33.3 Å². The van der Waals surface area contributed by atoms with Crippen LogP contribution in [0.1, 0.15) is 78.7 Å². The van der Waals surface area contributed by atoms with Crippen molar-refractivity contribution in [3.05, 3.63) is 24.2 Å². The molecule has 4 aliphatic carbocycles. The van der Waals surface area contributed by atoms with Crippen LogP contribution in [0.5, 0.6) is 0 Å². The summed E-state index contributed by atoms with van der Waals surface area (Å²) in [6, 6.07) is 1.94. The molecule has 1 aromatic rings. The Kier molecular flexibility index (Phi) is 5.88. The van der Waals surface area contributed by atoms with Crippen LogP contribution >= 0.6 is 0 Å². The van der Waals surface area contributed by atoms with Crippen LogP contribution in [0.4, 0.5) is 0 Å². The average Bonchev–Trinajstić information content (AvgIpc) is 3.27. The Labute approximate surface area is 245 Å². The largest absolute Gasteiger partial charge is 0.472 e. The number of furan rings is 1. The lowest BCUT2D eigenvalue weighted by molar-refractivity contribution is -0.372. The number of hydrogen-bond acceptors (Lipinski definition) is 10. The number of aliphatic hydroxyl groups excluding tert-OH is 2. The minimum absolute atomic E-state index is 0.0245. The Balaban J connectivity index is 1.36. The summed E-state index contributed by atoms with van der Waals surface area (Å²) in [4.78, 5) is 39.8. The molecule has 0 amide bonds. The number of carbonyl (C=O) groups is 3. The Morgan fingerprint density at radius 1 is 1.07 bits per heavy atom. The zero-order valence-corrected chi connectivity index (χ0v) is 25.1. The molecule has 230 valence electrons.